The number of piperidine rings is 1. The predicted octanol–water partition coefficient (Wildman–Crippen LogP) is 2.36. The van der Waals surface area contributed by atoms with Crippen LogP contribution in [0.3, 0.4) is 0 Å². The Bertz CT molecular complexity index is 246. The van der Waals surface area contributed by atoms with E-state index in [1.807, 2.05) is 0 Å². The quantitative estimate of drug-likeness (QED) is 0.618. The second-order valence-corrected chi connectivity index (χ2v) is 6.07. The maximum absolute atomic E-state index is 6.02. The van der Waals surface area contributed by atoms with Crippen LogP contribution in [-0.2, 0) is 4.74 Å². The van der Waals surface area contributed by atoms with E-state index >= 15 is 0 Å². The average Bonchev–Trinajstić information content (AvgIpc) is 2.18. The van der Waals surface area contributed by atoms with Crippen LogP contribution in [0.5, 0.6) is 0 Å². The molecule has 15 heavy (non-hydrogen) atoms. The van der Waals surface area contributed by atoms with E-state index in [-0.39, 0.29) is 11.5 Å². The molecular formula is C13H23NO. The van der Waals surface area contributed by atoms with Gasteiger partial charge >= 0.3 is 0 Å². The topological polar surface area (TPSA) is 21.3 Å². The minimum absolute atomic E-state index is 0.227. The molecule has 2 nitrogen and oxygen atoms in total. The summed E-state index contributed by atoms with van der Waals surface area (Å²) < 4.78 is 6.02. The molecule has 0 aromatic heterocycles. The highest BCUT2D eigenvalue weighted by atomic mass is 16.5. The zero-order chi connectivity index (χ0) is 10.9. The van der Waals surface area contributed by atoms with Crippen molar-refractivity contribution in [2.24, 2.45) is 10.8 Å². The van der Waals surface area contributed by atoms with Crippen LogP contribution in [0.4, 0.5) is 0 Å². The van der Waals surface area contributed by atoms with E-state index in [1.165, 1.54) is 12.8 Å². The standard InChI is InChI=1S/C13H23NO/c1-12(2,3)11-4-5-13(10-15-11)6-8-14-9-7-13/h4-5,11,14H,6-10H2,1-3H3. The molecule has 0 saturated carbocycles. The lowest BCUT2D eigenvalue weighted by atomic mass is 9.76. The molecule has 1 fully saturated rings. The number of ether oxygens (including phenoxy) is 1. The van der Waals surface area contributed by atoms with Crippen molar-refractivity contribution in [1.29, 1.82) is 0 Å². The smallest absolute Gasteiger partial charge is 0.0804 e. The van der Waals surface area contributed by atoms with Gasteiger partial charge in [-0.3, -0.25) is 0 Å². The molecule has 2 heterocycles. The van der Waals surface area contributed by atoms with E-state index in [9.17, 15) is 0 Å². The maximum atomic E-state index is 6.02. The molecule has 0 bridgehead atoms. The second-order valence-electron chi connectivity index (χ2n) is 6.07. The zero-order valence-corrected chi connectivity index (χ0v) is 10.2. The molecule has 0 aliphatic carbocycles. The Morgan fingerprint density at radius 3 is 2.40 bits per heavy atom. The van der Waals surface area contributed by atoms with Gasteiger partial charge in [0.05, 0.1) is 12.7 Å². The van der Waals surface area contributed by atoms with Crippen molar-refractivity contribution in [2.45, 2.75) is 39.7 Å². The Kier molecular flexibility index (Phi) is 2.91. The third kappa shape index (κ3) is 2.43. The number of nitrogens with one attached hydrogen (secondary N) is 1. The van der Waals surface area contributed by atoms with Gasteiger partial charge in [0.25, 0.3) is 0 Å². The van der Waals surface area contributed by atoms with Gasteiger partial charge in [0.1, 0.15) is 0 Å². The van der Waals surface area contributed by atoms with Crippen molar-refractivity contribution in [1.82, 2.24) is 5.32 Å². The number of rotatable bonds is 0. The molecule has 2 aliphatic rings. The summed E-state index contributed by atoms with van der Waals surface area (Å²) in [5.74, 6) is 0. The minimum atomic E-state index is 0.227. The molecule has 0 aromatic carbocycles. The van der Waals surface area contributed by atoms with Crippen molar-refractivity contribution in [3.63, 3.8) is 0 Å². The van der Waals surface area contributed by atoms with Gasteiger partial charge in [-0.15, -0.1) is 0 Å². The monoisotopic (exact) mass is 209 g/mol. The molecule has 1 N–H and O–H groups in total. The highest BCUT2D eigenvalue weighted by molar-refractivity contribution is 5.10. The van der Waals surface area contributed by atoms with Crippen LogP contribution >= 0.6 is 0 Å². The molecule has 2 aliphatic heterocycles. The minimum Gasteiger partial charge on any atom is -0.373 e. The van der Waals surface area contributed by atoms with E-state index in [0.717, 1.165) is 19.7 Å². The normalized spacial score (nSPS) is 30.7. The van der Waals surface area contributed by atoms with E-state index in [4.69, 9.17) is 4.74 Å². The Labute approximate surface area is 93.1 Å². The van der Waals surface area contributed by atoms with E-state index in [2.05, 4.69) is 38.2 Å². The van der Waals surface area contributed by atoms with Crippen LogP contribution in [0.25, 0.3) is 0 Å². The molecule has 1 unspecified atom stereocenters. The first-order valence-corrected chi connectivity index (χ1v) is 6.04. The SMILES string of the molecule is CC(C)(C)C1C=CC2(CCNCC2)CO1. The third-order valence-corrected chi connectivity index (χ3v) is 3.63. The number of hydrogen-bond acceptors (Lipinski definition) is 2. The highest BCUT2D eigenvalue weighted by Gasteiger charge is 2.36. The Hall–Kier alpha value is -0.340. The fraction of sp³-hybridized carbons (Fsp3) is 0.846. The summed E-state index contributed by atoms with van der Waals surface area (Å²) in [7, 11) is 0. The molecule has 1 saturated heterocycles. The molecule has 1 spiro atoms. The summed E-state index contributed by atoms with van der Waals surface area (Å²) in [6.07, 6.45) is 7.45. The van der Waals surface area contributed by atoms with Crippen LogP contribution < -0.4 is 5.32 Å². The van der Waals surface area contributed by atoms with E-state index in [0.29, 0.717) is 5.41 Å². The Balaban J connectivity index is 2.04. The summed E-state index contributed by atoms with van der Waals surface area (Å²) in [5, 5.41) is 3.41. The maximum Gasteiger partial charge on any atom is 0.0804 e. The molecule has 1 atom stereocenters. The van der Waals surface area contributed by atoms with Crippen molar-refractivity contribution < 1.29 is 4.74 Å². The summed E-state index contributed by atoms with van der Waals surface area (Å²) in [5.41, 5.74) is 0.567. The van der Waals surface area contributed by atoms with Crippen molar-refractivity contribution in [3.05, 3.63) is 12.2 Å². The highest BCUT2D eigenvalue weighted by Crippen LogP contribution is 2.37. The van der Waals surface area contributed by atoms with Gasteiger partial charge in [-0.2, -0.15) is 0 Å². The predicted molar refractivity (Wildman–Crippen MR) is 62.9 cm³/mol. The lowest BCUT2D eigenvalue weighted by Gasteiger charge is -2.41. The van der Waals surface area contributed by atoms with Crippen LogP contribution in [0, 0.1) is 10.8 Å². The molecule has 0 amide bonds. The number of hydrogen-bond donors (Lipinski definition) is 1. The van der Waals surface area contributed by atoms with E-state index in [1.54, 1.807) is 0 Å². The molecule has 0 aromatic rings. The fourth-order valence-electron chi connectivity index (χ4n) is 2.43. The average molecular weight is 209 g/mol. The van der Waals surface area contributed by atoms with Crippen molar-refractivity contribution in [3.8, 4) is 0 Å². The summed E-state index contributed by atoms with van der Waals surface area (Å²) in [4.78, 5) is 0. The van der Waals surface area contributed by atoms with Gasteiger partial charge < -0.3 is 10.1 Å². The lowest BCUT2D eigenvalue weighted by molar-refractivity contribution is -0.0413. The van der Waals surface area contributed by atoms with Crippen molar-refractivity contribution in [2.75, 3.05) is 19.7 Å². The van der Waals surface area contributed by atoms with Crippen LogP contribution in [0.1, 0.15) is 33.6 Å². The van der Waals surface area contributed by atoms with Gasteiger partial charge in [-0.25, -0.2) is 0 Å². The largest absolute Gasteiger partial charge is 0.373 e. The first kappa shape index (κ1) is 11.2. The van der Waals surface area contributed by atoms with Crippen LogP contribution in [-0.4, -0.2) is 25.8 Å². The van der Waals surface area contributed by atoms with Crippen molar-refractivity contribution >= 4 is 0 Å². The summed E-state index contributed by atoms with van der Waals surface area (Å²) in [6, 6.07) is 0. The molecule has 0 radical (unpaired) electrons. The fourth-order valence-corrected chi connectivity index (χ4v) is 2.43. The Morgan fingerprint density at radius 1 is 1.27 bits per heavy atom. The van der Waals surface area contributed by atoms with Gasteiger partial charge in [0.15, 0.2) is 0 Å². The van der Waals surface area contributed by atoms with Gasteiger partial charge in [-0.05, 0) is 31.3 Å². The Morgan fingerprint density at radius 2 is 1.93 bits per heavy atom. The second kappa shape index (κ2) is 3.91. The van der Waals surface area contributed by atoms with E-state index < -0.39 is 0 Å². The van der Waals surface area contributed by atoms with Crippen LogP contribution in [0.15, 0.2) is 12.2 Å². The molecule has 86 valence electrons. The molecular weight excluding hydrogens is 186 g/mol. The summed E-state index contributed by atoms with van der Waals surface area (Å²) in [6.45, 7) is 9.89. The van der Waals surface area contributed by atoms with Gasteiger partial charge in [0, 0.05) is 5.41 Å². The van der Waals surface area contributed by atoms with Gasteiger partial charge in [0.2, 0.25) is 0 Å². The molecule has 2 rings (SSSR count). The first-order valence-electron chi connectivity index (χ1n) is 6.04. The first-order chi connectivity index (χ1) is 7.02. The van der Waals surface area contributed by atoms with Gasteiger partial charge in [-0.1, -0.05) is 32.9 Å². The third-order valence-electron chi connectivity index (χ3n) is 3.63. The molecule has 2 heteroatoms. The lowest BCUT2D eigenvalue weighted by Crippen LogP contribution is -2.43. The zero-order valence-electron chi connectivity index (χ0n) is 10.2. The van der Waals surface area contributed by atoms with Crippen LogP contribution in [0.2, 0.25) is 0 Å². The summed E-state index contributed by atoms with van der Waals surface area (Å²) >= 11 is 0.